The fraction of sp³-hybridized carbons (Fsp3) is 0. The van der Waals surface area contributed by atoms with Gasteiger partial charge in [0.2, 0.25) is 5.95 Å². The van der Waals surface area contributed by atoms with Gasteiger partial charge < -0.3 is 4.98 Å². The Morgan fingerprint density at radius 3 is 2.75 bits per heavy atom. The molecule has 0 saturated carbocycles. The molecule has 0 fully saturated rings. The highest BCUT2D eigenvalue weighted by molar-refractivity contribution is 9.10. The van der Waals surface area contributed by atoms with Gasteiger partial charge >= 0.3 is 0 Å². The third-order valence-corrected chi connectivity index (χ3v) is 4.35. The van der Waals surface area contributed by atoms with Crippen molar-refractivity contribution in [1.29, 1.82) is 0 Å². The number of pyridine rings is 1. The molecule has 3 aromatic rings. The van der Waals surface area contributed by atoms with E-state index in [0.717, 1.165) is 5.52 Å². The molecular formula is C12H9BrN4O2S. The fourth-order valence-corrected chi connectivity index (χ4v) is 3.19. The smallest absolute Gasteiger partial charge is 0.265 e. The second-order valence-electron chi connectivity index (χ2n) is 4.05. The summed E-state index contributed by atoms with van der Waals surface area (Å²) in [7, 11) is -3.72. The van der Waals surface area contributed by atoms with Crippen LogP contribution < -0.4 is 4.72 Å². The minimum absolute atomic E-state index is 0.0623. The average molecular weight is 353 g/mol. The van der Waals surface area contributed by atoms with Gasteiger partial charge in [0.05, 0.1) is 11.0 Å². The zero-order valence-corrected chi connectivity index (χ0v) is 12.4. The van der Waals surface area contributed by atoms with E-state index in [2.05, 4.69) is 35.6 Å². The molecule has 0 aliphatic carbocycles. The Balaban J connectivity index is 1.97. The van der Waals surface area contributed by atoms with E-state index in [9.17, 15) is 8.42 Å². The molecule has 20 heavy (non-hydrogen) atoms. The van der Waals surface area contributed by atoms with Gasteiger partial charge in [-0.25, -0.2) is 18.1 Å². The molecule has 6 nitrogen and oxygen atoms in total. The van der Waals surface area contributed by atoms with Crippen molar-refractivity contribution in [3.63, 3.8) is 0 Å². The molecular weight excluding hydrogens is 344 g/mol. The number of hydrogen-bond acceptors (Lipinski definition) is 4. The van der Waals surface area contributed by atoms with Crippen molar-refractivity contribution in [2.24, 2.45) is 0 Å². The molecule has 2 heterocycles. The molecule has 0 amide bonds. The Kier molecular flexibility index (Phi) is 3.19. The molecule has 0 spiro atoms. The molecule has 2 N–H and O–H groups in total. The van der Waals surface area contributed by atoms with Crippen LogP contribution in [-0.2, 0) is 10.0 Å². The van der Waals surface area contributed by atoms with Gasteiger partial charge in [0, 0.05) is 16.9 Å². The predicted molar refractivity (Wildman–Crippen MR) is 78.8 cm³/mol. The first kappa shape index (κ1) is 13.1. The SMILES string of the molecule is O=S(=O)(Nc1nc2ccccc2[nH]1)c1cncc(Br)c1. The van der Waals surface area contributed by atoms with Gasteiger partial charge in [-0.05, 0) is 34.1 Å². The highest BCUT2D eigenvalue weighted by atomic mass is 79.9. The molecule has 0 atom stereocenters. The average Bonchev–Trinajstić information content (AvgIpc) is 2.80. The number of sulfonamides is 1. The first-order chi connectivity index (χ1) is 9.54. The number of fused-ring (bicyclic) bond motifs is 1. The molecule has 102 valence electrons. The molecule has 0 aliphatic heterocycles. The number of rotatable bonds is 3. The lowest BCUT2D eigenvalue weighted by Gasteiger charge is -2.04. The zero-order valence-electron chi connectivity index (χ0n) is 10.0. The summed E-state index contributed by atoms with van der Waals surface area (Å²) in [6, 6.07) is 8.76. The number of aromatic amines is 1. The van der Waals surface area contributed by atoms with Gasteiger partial charge in [0.15, 0.2) is 0 Å². The quantitative estimate of drug-likeness (QED) is 0.757. The summed E-state index contributed by atoms with van der Waals surface area (Å²) >= 11 is 3.19. The predicted octanol–water partition coefficient (Wildman–Crippen LogP) is 2.52. The highest BCUT2D eigenvalue weighted by Crippen LogP contribution is 2.19. The lowest BCUT2D eigenvalue weighted by Crippen LogP contribution is -2.14. The van der Waals surface area contributed by atoms with Crippen molar-refractivity contribution in [1.82, 2.24) is 15.0 Å². The number of hydrogen-bond donors (Lipinski definition) is 2. The Morgan fingerprint density at radius 2 is 2.00 bits per heavy atom. The number of para-hydroxylation sites is 2. The van der Waals surface area contributed by atoms with Gasteiger partial charge in [-0.15, -0.1) is 0 Å². The third-order valence-electron chi connectivity index (χ3n) is 2.61. The van der Waals surface area contributed by atoms with E-state index in [0.29, 0.717) is 9.99 Å². The number of halogens is 1. The molecule has 2 aromatic heterocycles. The summed E-state index contributed by atoms with van der Waals surface area (Å²) < 4.78 is 27.4. The summed E-state index contributed by atoms with van der Waals surface area (Å²) in [5, 5.41) is 0. The molecule has 8 heteroatoms. The van der Waals surface area contributed by atoms with Crippen molar-refractivity contribution >= 4 is 42.9 Å². The summed E-state index contributed by atoms with van der Waals surface area (Å²) in [6.07, 6.45) is 2.79. The largest absolute Gasteiger partial charge is 0.323 e. The minimum atomic E-state index is -3.72. The summed E-state index contributed by atoms with van der Waals surface area (Å²) in [4.78, 5) is 11.0. The second-order valence-corrected chi connectivity index (χ2v) is 6.64. The van der Waals surface area contributed by atoms with Gasteiger partial charge in [-0.2, -0.15) is 0 Å². The maximum atomic E-state index is 12.2. The second kappa shape index (κ2) is 4.88. The van der Waals surface area contributed by atoms with Crippen molar-refractivity contribution in [3.8, 4) is 0 Å². The van der Waals surface area contributed by atoms with Gasteiger partial charge in [0.25, 0.3) is 10.0 Å². The number of nitrogens with zero attached hydrogens (tertiary/aromatic N) is 2. The maximum absolute atomic E-state index is 12.2. The van der Waals surface area contributed by atoms with E-state index < -0.39 is 10.0 Å². The van der Waals surface area contributed by atoms with E-state index in [-0.39, 0.29) is 10.8 Å². The van der Waals surface area contributed by atoms with E-state index in [1.54, 1.807) is 6.07 Å². The number of benzene rings is 1. The number of H-pyrrole nitrogens is 1. The van der Waals surface area contributed by atoms with Crippen molar-refractivity contribution in [3.05, 3.63) is 47.2 Å². The lowest BCUT2D eigenvalue weighted by molar-refractivity contribution is 0.600. The first-order valence-electron chi connectivity index (χ1n) is 5.63. The summed E-state index contributed by atoms with van der Waals surface area (Å²) in [6.45, 7) is 0. The van der Waals surface area contributed by atoms with Crippen LogP contribution in [-0.4, -0.2) is 23.4 Å². The lowest BCUT2D eigenvalue weighted by atomic mass is 10.3. The van der Waals surface area contributed by atoms with E-state index in [4.69, 9.17) is 0 Å². The Hall–Kier alpha value is -1.93. The van der Waals surface area contributed by atoms with Crippen LogP contribution in [0.25, 0.3) is 11.0 Å². The van der Waals surface area contributed by atoms with E-state index >= 15 is 0 Å². The molecule has 0 aliphatic rings. The van der Waals surface area contributed by atoms with E-state index in [1.165, 1.54) is 18.5 Å². The van der Waals surface area contributed by atoms with Gasteiger partial charge in [0.1, 0.15) is 4.90 Å². The van der Waals surface area contributed by atoms with Crippen molar-refractivity contribution in [2.75, 3.05) is 4.72 Å². The van der Waals surface area contributed by atoms with Crippen LogP contribution in [0.4, 0.5) is 5.95 Å². The standard InChI is InChI=1S/C12H9BrN4O2S/c13-8-5-9(7-14-6-8)20(18,19)17-12-15-10-3-1-2-4-11(10)16-12/h1-7H,(H2,15,16,17). The van der Waals surface area contributed by atoms with Crippen LogP contribution in [0.5, 0.6) is 0 Å². The third kappa shape index (κ3) is 2.52. The fourth-order valence-electron chi connectivity index (χ4n) is 1.73. The number of anilines is 1. The molecule has 0 unspecified atom stereocenters. The summed E-state index contributed by atoms with van der Waals surface area (Å²) in [5.74, 6) is 0.172. The number of imidazole rings is 1. The molecule has 0 bridgehead atoms. The van der Waals surface area contributed by atoms with Crippen LogP contribution in [0, 0.1) is 0 Å². The van der Waals surface area contributed by atoms with Crippen LogP contribution in [0.15, 0.2) is 52.1 Å². The van der Waals surface area contributed by atoms with Crippen LogP contribution in [0.1, 0.15) is 0 Å². The molecule has 3 rings (SSSR count). The van der Waals surface area contributed by atoms with Gasteiger partial charge in [-0.1, -0.05) is 12.1 Å². The number of aromatic nitrogens is 3. The Bertz CT molecular complexity index is 843. The van der Waals surface area contributed by atoms with Gasteiger partial charge in [-0.3, -0.25) is 4.98 Å². The van der Waals surface area contributed by atoms with E-state index in [1.807, 2.05) is 18.2 Å². The monoisotopic (exact) mass is 352 g/mol. The Labute approximate surface area is 123 Å². The zero-order chi connectivity index (χ0) is 14.2. The summed E-state index contributed by atoms with van der Waals surface area (Å²) in [5.41, 5.74) is 1.45. The molecule has 1 aromatic carbocycles. The Morgan fingerprint density at radius 1 is 1.20 bits per heavy atom. The minimum Gasteiger partial charge on any atom is -0.323 e. The van der Waals surface area contributed by atoms with Crippen LogP contribution in [0.2, 0.25) is 0 Å². The maximum Gasteiger partial charge on any atom is 0.265 e. The number of nitrogens with one attached hydrogen (secondary N) is 2. The normalized spacial score (nSPS) is 11.7. The topological polar surface area (TPSA) is 87.7 Å². The molecule has 0 saturated heterocycles. The molecule has 0 radical (unpaired) electrons. The van der Waals surface area contributed by atoms with Crippen LogP contribution in [0.3, 0.4) is 0 Å². The van der Waals surface area contributed by atoms with Crippen LogP contribution >= 0.6 is 15.9 Å². The van der Waals surface area contributed by atoms with Crippen molar-refractivity contribution in [2.45, 2.75) is 4.90 Å². The highest BCUT2D eigenvalue weighted by Gasteiger charge is 2.17. The van der Waals surface area contributed by atoms with Crippen molar-refractivity contribution < 1.29 is 8.42 Å². The first-order valence-corrected chi connectivity index (χ1v) is 7.90.